The van der Waals surface area contributed by atoms with Crippen molar-refractivity contribution in [2.24, 2.45) is 0 Å². The Morgan fingerprint density at radius 2 is 0.664 bits per heavy atom. The molecule has 3 amide bonds. The van der Waals surface area contributed by atoms with Crippen LogP contribution in [-0.4, -0.2) is 89.0 Å². The highest BCUT2D eigenvalue weighted by atomic mass is 35.5. The summed E-state index contributed by atoms with van der Waals surface area (Å²) in [5.74, 6) is -2.41. The normalized spacial score (nSPS) is 16.9. The zero-order valence-electron chi connectivity index (χ0n) is 63.9. The third-order valence-corrected chi connectivity index (χ3v) is 26.2. The molecule has 110 heavy (non-hydrogen) atoms. The van der Waals surface area contributed by atoms with Crippen LogP contribution in [0.5, 0.6) is 0 Å². The van der Waals surface area contributed by atoms with E-state index in [1.807, 2.05) is 48.5 Å². The van der Waals surface area contributed by atoms with Crippen molar-refractivity contribution in [3.05, 3.63) is 232 Å². The van der Waals surface area contributed by atoms with Gasteiger partial charge in [-0.3, -0.25) is 33.8 Å². The number of aliphatic carboxylic acids is 1. The minimum absolute atomic E-state index is 0.00439. The summed E-state index contributed by atoms with van der Waals surface area (Å²) in [5.41, 5.74) is 24.8. The SMILES string of the molecule is CC(=O)NS(=O)(=O)CCN1c2ccc(C)cc2C2(CCCCC2)c2cc(Cl)ccc21.Cc1ccc2c(c1)C(C)(C)c1cc(Cl)ccc1N2CCC(=O)O.Cc1ccc2c(c1)C1(CCCCC1)c1cc(Cl)ccc1N2CCC(=O)NO.Cc1ccc2c(c1)C1(CCCCC1)c1cc(Cl)ccc1N2CCC(=O)NS(C)(=O)=O. The molecular weight excluding hydrogens is 1510 g/mol. The molecule has 8 aromatic rings. The van der Waals surface area contributed by atoms with Crippen molar-refractivity contribution in [1.29, 1.82) is 0 Å². The standard InChI is InChI=1S/2C23H27ClN2O3S.C22H25ClN2O2.C19H20ClNO2/c1-16-6-8-20-18(14-16)23(11-4-3-5-12-23)19-15-17(24)7-9-21(19)26(20)13-10-22(27)25-30(2,28)29;1-16-6-8-21-19(14-16)23(10-4-3-5-11-23)20-15-18(24)7-9-22(20)26(21)12-13-30(28,29)25-17(2)27;1-15-5-7-19-17(13-15)22(10-3-2-4-11-22)18-14-16(23)6-8-20(18)25(19)12-9-21(26)24-27;1-12-4-6-16-14(10-12)19(2,3)15-11-13(20)5-7-17(15)21(16)9-8-18(22)23/h2*6-9,14-15H,3-5,10-13H2,1-2H3,(H,25,27);5-8,13-14,27H,2-4,9-12H2,1H3,(H,24,26);4-7,10-11H,8-9H2,1-3H3,(H,22,23). The van der Waals surface area contributed by atoms with Crippen molar-refractivity contribution >= 4 is 136 Å². The van der Waals surface area contributed by atoms with Crippen LogP contribution < -0.4 is 34.5 Å². The van der Waals surface area contributed by atoms with Crippen molar-refractivity contribution in [3.63, 3.8) is 0 Å². The van der Waals surface area contributed by atoms with E-state index in [4.69, 9.17) is 56.7 Å². The molecule has 0 unspecified atom stereocenters. The molecule has 4 aliphatic heterocycles. The Bertz CT molecular complexity index is 4870. The Hall–Kier alpha value is -8.14. The van der Waals surface area contributed by atoms with Crippen molar-refractivity contribution in [3.8, 4) is 0 Å². The topological polar surface area (TPSA) is 226 Å². The van der Waals surface area contributed by atoms with E-state index in [1.165, 1.54) is 119 Å². The fourth-order valence-corrected chi connectivity index (χ4v) is 20.6. The second kappa shape index (κ2) is 33.3. The van der Waals surface area contributed by atoms with E-state index in [2.05, 4.69) is 168 Å². The van der Waals surface area contributed by atoms with Crippen LogP contribution in [0, 0.1) is 27.7 Å². The Morgan fingerprint density at radius 3 is 0.982 bits per heavy atom. The van der Waals surface area contributed by atoms with Gasteiger partial charge in [-0.25, -0.2) is 22.3 Å². The number of aryl methyl sites for hydroxylation is 4. The fraction of sp³-hybridized carbons (Fsp3) is 0.402. The number of carbonyl (C=O) groups excluding carboxylic acids is 3. The first kappa shape index (κ1) is 81.4. The molecule has 0 bridgehead atoms. The highest BCUT2D eigenvalue weighted by Crippen LogP contribution is 2.60. The second-order valence-corrected chi connectivity index (χ2v) is 36.7. The molecule has 0 atom stereocenters. The maximum Gasteiger partial charge on any atom is 0.305 e. The molecular formula is C87H99Cl4N7O10S2. The molecule has 5 N–H and O–H groups in total. The number of hydrogen-bond acceptors (Lipinski definition) is 13. The van der Waals surface area contributed by atoms with Crippen LogP contribution in [-0.2, 0) is 60.9 Å². The van der Waals surface area contributed by atoms with Crippen LogP contribution >= 0.6 is 46.4 Å². The first-order valence-corrected chi connectivity index (χ1v) is 43.2. The summed E-state index contributed by atoms with van der Waals surface area (Å²) in [4.78, 5) is 54.7. The molecule has 3 fully saturated rings. The van der Waals surface area contributed by atoms with Gasteiger partial charge in [0, 0.05) is 133 Å². The number of carboxylic acid groups (broad SMARTS) is 1. The molecule has 3 saturated carbocycles. The average Bonchev–Trinajstić information content (AvgIpc) is 0.708. The minimum atomic E-state index is -3.70. The van der Waals surface area contributed by atoms with Gasteiger partial charge in [0.1, 0.15) is 0 Å². The van der Waals surface area contributed by atoms with Crippen LogP contribution in [0.4, 0.5) is 45.5 Å². The van der Waals surface area contributed by atoms with Crippen molar-refractivity contribution in [2.45, 2.75) is 186 Å². The maximum absolute atomic E-state index is 12.3. The summed E-state index contributed by atoms with van der Waals surface area (Å²) in [5, 5.41) is 20.8. The molecule has 582 valence electrons. The maximum atomic E-state index is 12.3. The van der Waals surface area contributed by atoms with Crippen molar-refractivity contribution in [1.82, 2.24) is 14.9 Å². The van der Waals surface area contributed by atoms with E-state index >= 15 is 0 Å². The number of anilines is 8. The first-order valence-electron chi connectivity index (χ1n) is 38.2. The first-order chi connectivity index (χ1) is 52.3. The van der Waals surface area contributed by atoms with E-state index in [1.54, 1.807) is 5.48 Å². The number of benzene rings is 8. The van der Waals surface area contributed by atoms with Gasteiger partial charge in [0.2, 0.25) is 37.8 Å². The van der Waals surface area contributed by atoms with Crippen LogP contribution in [0.2, 0.25) is 20.1 Å². The van der Waals surface area contributed by atoms with Crippen molar-refractivity contribution < 1.29 is 46.3 Å². The molecule has 0 radical (unpaired) electrons. The monoisotopic (exact) mass is 1610 g/mol. The smallest absolute Gasteiger partial charge is 0.305 e. The summed E-state index contributed by atoms with van der Waals surface area (Å²) < 4.78 is 51.6. The molecule has 0 aromatic heterocycles. The van der Waals surface area contributed by atoms with E-state index in [-0.39, 0.29) is 59.1 Å². The highest BCUT2D eigenvalue weighted by molar-refractivity contribution is 7.90. The number of hydroxylamine groups is 1. The molecule has 17 nitrogen and oxygen atoms in total. The summed E-state index contributed by atoms with van der Waals surface area (Å²) >= 11 is 25.5. The van der Waals surface area contributed by atoms with E-state index in [0.717, 1.165) is 108 Å². The van der Waals surface area contributed by atoms with Crippen molar-refractivity contribution in [2.75, 3.05) is 57.8 Å². The summed E-state index contributed by atoms with van der Waals surface area (Å²) in [6.07, 6.45) is 18.8. The number of fused-ring (bicyclic) bond motifs is 14. The molecule has 7 aliphatic rings. The number of rotatable bonds is 14. The van der Waals surface area contributed by atoms with Gasteiger partial charge in [-0.15, -0.1) is 0 Å². The van der Waals surface area contributed by atoms with E-state index in [9.17, 15) is 36.0 Å². The molecule has 3 spiro atoms. The molecule has 8 aromatic carbocycles. The third-order valence-electron chi connectivity index (χ3n) is 23.3. The lowest BCUT2D eigenvalue weighted by Crippen LogP contribution is -2.41. The van der Waals surface area contributed by atoms with Gasteiger partial charge in [0.15, 0.2) is 0 Å². The Morgan fingerprint density at radius 1 is 0.391 bits per heavy atom. The molecule has 4 heterocycles. The lowest BCUT2D eigenvalue weighted by atomic mass is 9.62. The number of sulfonamides is 2. The van der Waals surface area contributed by atoms with Gasteiger partial charge in [0.25, 0.3) is 0 Å². The molecule has 0 saturated heterocycles. The molecule has 23 heteroatoms. The van der Waals surface area contributed by atoms with Gasteiger partial charge in [-0.2, -0.15) is 0 Å². The number of carboxylic acids is 1. The van der Waals surface area contributed by atoms with Gasteiger partial charge >= 0.3 is 5.97 Å². The lowest BCUT2D eigenvalue weighted by Gasteiger charge is -2.48. The molecule has 3 aliphatic carbocycles. The zero-order valence-corrected chi connectivity index (χ0v) is 68.6. The number of halogens is 4. The number of amides is 3. The lowest BCUT2D eigenvalue weighted by molar-refractivity contribution is -0.136. The third kappa shape index (κ3) is 17.1. The van der Waals surface area contributed by atoms with Crippen LogP contribution in [0.3, 0.4) is 0 Å². The van der Waals surface area contributed by atoms with Gasteiger partial charge in [-0.05, 0) is 208 Å². The van der Waals surface area contributed by atoms with Crippen LogP contribution in [0.15, 0.2) is 146 Å². The molecule has 15 rings (SSSR count). The predicted octanol–water partition coefficient (Wildman–Crippen LogP) is 19.8. The van der Waals surface area contributed by atoms with Crippen LogP contribution in [0.1, 0.15) is 203 Å². The van der Waals surface area contributed by atoms with Gasteiger partial charge < -0.3 is 24.7 Å². The number of hydrogen-bond donors (Lipinski definition) is 5. The predicted molar refractivity (Wildman–Crippen MR) is 444 cm³/mol. The minimum Gasteiger partial charge on any atom is -0.481 e. The Kier molecular flexibility index (Phi) is 24.6. The van der Waals surface area contributed by atoms with Gasteiger partial charge in [-0.1, -0.05) is 189 Å². The Balaban J connectivity index is 0.000000137. The number of nitrogens with one attached hydrogen (secondary N) is 3. The fourth-order valence-electron chi connectivity index (χ4n) is 18.4. The number of nitrogens with zero attached hydrogens (tertiary/aromatic N) is 4. The summed E-state index contributed by atoms with van der Waals surface area (Å²) in [7, 11) is -7.27. The zero-order chi connectivity index (χ0) is 78.8. The largest absolute Gasteiger partial charge is 0.481 e. The summed E-state index contributed by atoms with van der Waals surface area (Å²) in [6, 6.07) is 49.8. The van der Waals surface area contributed by atoms with Crippen LogP contribution in [0.25, 0.3) is 0 Å². The highest BCUT2D eigenvalue weighted by Gasteiger charge is 2.48. The quantitative estimate of drug-likeness (QED) is 0.0504. The number of carbonyl (C=O) groups is 4. The van der Waals surface area contributed by atoms with E-state index < -0.39 is 37.8 Å². The Labute approximate surface area is 668 Å². The average molecular weight is 1610 g/mol. The second-order valence-electron chi connectivity index (χ2n) is 31.3. The summed E-state index contributed by atoms with van der Waals surface area (Å²) in [6.45, 7) is 15.6. The van der Waals surface area contributed by atoms with E-state index in [0.29, 0.717) is 34.7 Å². The van der Waals surface area contributed by atoms with Gasteiger partial charge in [0.05, 0.1) is 18.4 Å².